The predicted molar refractivity (Wildman–Crippen MR) is 184 cm³/mol. The highest BCUT2D eigenvalue weighted by molar-refractivity contribution is 6.01. The lowest BCUT2D eigenvalue weighted by Gasteiger charge is -2.29. The van der Waals surface area contributed by atoms with E-state index in [1.807, 2.05) is 0 Å². The number of alkyl carbamates (subject to hydrolysis) is 1. The number of ether oxygens (including phenoxy) is 2. The van der Waals surface area contributed by atoms with Gasteiger partial charge in [0, 0.05) is 19.5 Å². The molecule has 2 aromatic rings. The van der Waals surface area contributed by atoms with Crippen LogP contribution in [0.2, 0.25) is 0 Å². The molecular formula is C36H50N6O8. The van der Waals surface area contributed by atoms with Gasteiger partial charge >= 0.3 is 12.2 Å². The maximum Gasteiger partial charge on any atom is 0.410 e. The Morgan fingerprint density at radius 1 is 0.960 bits per heavy atom. The van der Waals surface area contributed by atoms with Crippen LogP contribution < -0.4 is 16.4 Å². The van der Waals surface area contributed by atoms with Gasteiger partial charge in [0.1, 0.15) is 29.8 Å². The number of para-hydroxylation sites is 2. The van der Waals surface area contributed by atoms with E-state index in [1.54, 1.807) is 29.2 Å². The second-order valence-corrected chi connectivity index (χ2v) is 13.4. The van der Waals surface area contributed by atoms with Crippen LogP contribution in [0.15, 0.2) is 41.3 Å². The van der Waals surface area contributed by atoms with Crippen LogP contribution in [0.5, 0.6) is 0 Å². The van der Waals surface area contributed by atoms with Crippen LogP contribution in [-0.4, -0.2) is 101 Å². The molecule has 272 valence electrons. The number of Topliss-reactive ketones (excluding diaryl/α,β-unsaturated/α-hetero) is 1. The lowest BCUT2D eigenvalue weighted by molar-refractivity contribution is -0.140. The first-order valence-corrected chi connectivity index (χ1v) is 18.0. The number of oxazole rings is 1. The number of carbonyl (C=O) groups excluding carboxylic acids is 5. The van der Waals surface area contributed by atoms with Crippen LogP contribution in [0, 0.1) is 0 Å². The number of hydrogen-bond acceptors (Lipinski definition) is 10. The molecule has 2 aliphatic heterocycles. The van der Waals surface area contributed by atoms with Gasteiger partial charge in [0.15, 0.2) is 5.58 Å². The Bertz CT molecular complexity index is 1470. The van der Waals surface area contributed by atoms with Gasteiger partial charge in [0.2, 0.25) is 17.6 Å². The minimum atomic E-state index is -1.10. The monoisotopic (exact) mass is 694 g/mol. The van der Waals surface area contributed by atoms with Crippen molar-refractivity contribution in [3.8, 4) is 0 Å². The van der Waals surface area contributed by atoms with Crippen molar-refractivity contribution in [2.24, 2.45) is 5.73 Å². The standard InChI is InChI=1S/C36H50N6O8/c1-2-13-28(40-35(46)48-24-14-5-3-6-15-24)34(45)42-23-25(49-36(47)41-20-11-4-12-21-41)22-29(42)32(44)38-27(17-9-10-19-37)31(43)33-39-26-16-7-8-18-30(26)50-33/h2,7-8,16,18,24-25,27-29H,1,3-6,9-15,17,19-23,37H2,(H,38,44)(H,40,46)/t25-,27+,28-,29+/m1/s1. The Hall–Kier alpha value is -4.46. The highest BCUT2D eigenvalue weighted by Gasteiger charge is 2.45. The first-order valence-electron chi connectivity index (χ1n) is 18.0. The smallest absolute Gasteiger partial charge is 0.410 e. The number of benzene rings is 1. The molecule has 14 heteroatoms. The van der Waals surface area contributed by atoms with Gasteiger partial charge in [-0.15, -0.1) is 6.58 Å². The lowest BCUT2D eigenvalue weighted by atomic mass is 9.98. The zero-order valence-electron chi connectivity index (χ0n) is 28.7. The topological polar surface area (TPSA) is 186 Å². The van der Waals surface area contributed by atoms with Crippen LogP contribution >= 0.6 is 0 Å². The summed E-state index contributed by atoms with van der Waals surface area (Å²) in [5.74, 6) is -1.79. The minimum absolute atomic E-state index is 0.0110. The van der Waals surface area contributed by atoms with Crippen molar-refractivity contribution in [2.75, 3.05) is 26.2 Å². The number of amides is 4. The summed E-state index contributed by atoms with van der Waals surface area (Å²) in [6, 6.07) is 3.80. The van der Waals surface area contributed by atoms with Gasteiger partial charge in [-0.25, -0.2) is 14.6 Å². The van der Waals surface area contributed by atoms with Crippen LogP contribution in [0.4, 0.5) is 9.59 Å². The minimum Gasteiger partial charge on any atom is -0.446 e. The molecule has 2 saturated heterocycles. The van der Waals surface area contributed by atoms with Gasteiger partial charge in [-0.2, -0.15) is 0 Å². The fraction of sp³-hybridized carbons (Fsp3) is 0.611. The van der Waals surface area contributed by atoms with E-state index in [1.165, 1.54) is 11.0 Å². The Morgan fingerprint density at radius 2 is 1.70 bits per heavy atom. The Kier molecular flexibility index (Phi) is 13.2. The molecule has 14 nitrogen and oxygen atoms in total. The predicted octanol–water partition coefficient (Wildman–Crippen LogP) is 4.22. The molecule has 5 rings (SSSR count). The van der Waals surface area contributed by atoms with E-state index < -0.39 is 54.0 Å². The Labute approximate surface area is 292 Å². The molecule has 3 fully saturated rings. The van der Waals surface area contributed by atoms with Gasteiger partial charge in [-0.05, 0) is 89.3 Å². The number of nitrogens with zero attached hydrogens (tertiary/aromatic N) is 3. The van der Waals surface area contributed by atoms with E-state index in [0.717, 1.165) is 51.4 Å². The molecule has 4 N–H and O–H groups in total. The molecule has 50 heavy (non-hydrogen) atoms. The largest absolute Gasteiger partial charge is 0.446 e. The van der Waals surface area contributed by atoms with Crippen molar-refractivity contribution in [1.29, 1.82) is 0 Å². The van der Waals surface area contributed by atoms with Crippen molar-refractivity contribution in [3.05, 3.63) is 42.8 Å². The van der Waals surface area contributed by atoms with Crippen LogP contribution in [0.3, 0.4) is 0 Å². The van der Waals surface area contributed by atoms with E-state index in [2.05, 4.69) is 22.2 Å². The van der Waals surface area contributed by atoms with Gasteiger partial charge in [-0.3, -0.25) is 14.4 Å². The average Bonchev–Trinajstić information content (AvgIpc) is 3.76. The normalized spacial score (nSPS) is 20.9. The SMILES string of the molecule is C=CC[C@@H](NC(=O)OC1CCCCC1)C(=O)N1C[C@H](OC(=O)N2CCCCC2)C[C@H]1C(=O)N[C@@H](CCCCN)C(=O)c1nc2ccccc2o1. The molecule has 1 aromatic carbocycles. The van der Waals surface area contributed by atoms with Crippen molar-refractivity contribution in [3.63, 3.8) is 0 Å². The summed E-state index contributed by atoms with van der Waals surface area (Å²) in [4.78, 5) is 75.2. The second kappa shape index (κ2) is 18.0. The first kappa shape index (κ1) is 36.8. The molecule has 4 atom stereocenters. The van der Waals surface area contributed by atoms with E-state index in [-0.39, 0.29) is 37.8 Å². The lowest BCUT2D eigenvalue weighted by Crippen LogP contribution is -2.55. The highest BCUT2D eigenvalue weighted by atomic mass is 16.6. The van der Waals surface area contributed by atoms with Gasteiger partial charge in [-0.1, -0.05) is 24.6 Å². The van der Waals surface area contributed by atoms with Gasteiger partial charge in [0.25, 0.3) is 5.89 Å². The molecule has 0 radical (unpaired) electrons. The molecule has 0 bridgehead atoms. The summed E-state index contributed by atoms with van der Waals surface area (Å²) in [7, 11) is 0. The van der Waals surface area contributed by atoms with Crippen LogP contribution in [0.25, 0.3) is 11.1 Å². The number of hydrogen-bond donors (Lipinski definition) is 3. The maximum absolute atomic E-state index is 14.1. The summed E-state index contributed by atoms with van der Waals surface area (Å²) in [5.41, 5.74) is 6.67. The summed E-state index contributed by atoms with van der Waals surface area (Å²) in [6.45, 7) is 5.25. The molecule has 1 aromatic heterocycles. The van der Waals surface area contributed by atoms with E-state index in [4.69, 9.17) is 19.6 Å². The first-order chi connectivity index (χ1) is 24.3. The third-order valence-electron chi connectivity index (χ3n) is 9.63. The number of fused-ring (bicyclic) bond motifs is 1. The number of ketones is 1. The summed E-state index contributed by atoms with van der Waals surface area (Å²) >= 11 is 0. The zero-order valence-corrected chi connectivity index (χ0v) is 28.7. The number of aromatic nitrogens is 1. The van der Waals surface area contributed by atoms with E-state index >= 15 is 0 Å². The molecule has 3 aliphatic rings. The van der Waals surface area contributed by atoms with Crippen molar-refractivity contribution in [2.45, 2.75) is 114 Å². The fourth-order valence-corrected chi connectivity index (χ4v) is 6.92. The summed E-state index contributed by atoms with van der Waals surface area (Å²) in [6.07, 6.45) is 8.18. The Balaban J connectivity index is 1.34. The second-order valence-electron chi connectivity index (χ2n) is 13.4. The molecular weight excluding hydrogens is 644 g/mol. The number of nitrogens with one attached hydrogen (secondary N) is 2. The number of likely N-dealkylation sites (tertiary alicyclic amines) is 2. The molecule has 0 spiro atoms. The van der Waals surface area contributed by atoms with Crippen LogP contribution in [0.1, 0.15) is 94.2 Å². The average molecular weight is 695 g/mol. The van der Waals surface area contributed by atoms with Gasteiger partial charge < -0.3 is 40.1 Å². The van der Waals surface area contributed by atoms with Crippen molar-refractivity contribution >= 4 is 40.9 Å². The van der Waals surface area contributed by atoms with E-state index in [9.17, 15) is 24.0 Å². The molecule has 4 amide bonds. The zero-order chi connectivity index (χ0) is 35.5. The fourth-order valence-electron chi connectivity index (χ4n) is 6.92. The molecule has 1 aliphatic carbocycles. The van der Waals surface area contributed by atoms with Crippen molar-refractivity contribution in [1.82, 2.24) is 25.4 Å². The summed E-state index contributed by atoms with van der Waals surface area (Å²) < 4.78 is 17.2. The quantitative estimate of drug-likeness (QED) is 0.147. The third kappa shape index (κ3) is 9.61. The highest BCUT2D eigenvalue weighted by Crippen LogP contribution is 2.26. The van der Waals surface area contributed by atoms with Gasteiger partial charge in [0.05, 0.1) is 12.6 Å². The molecule has 3 heterocycles. The number of unbranched alkanes of at least 4 members (excludes halogenated alkanes) is 1. The number of nitrogens with two attached hydrogens (primary N) is 1. The van der Waals surface area contributed by atoms with Crippen LogP contribution in [-0.2, 0) is 19.1 Å². The summed E-state index contributed by atoms with van der Waals surface area (Å²) in [5, 5.41) is 5.52. The molecule has 1 saturated carbocycles. The number of rotatable bonds is 14. The Morgan fingerprint density at radius 3 is 2.42 bits per heavy atom. The third-order valence-corrected chi connectivity index (χ3v) is 9.63. The van der Waals surface area contributed by atoms with E-state index in [0.29, 0.717) is 43.6 Å². The number of piperidine rings is 1. The molecule has 0 unspecified atom stereocenters. The maximum atomic E-state index is 14.1. The van der Waals surface area contributed by atoms with Crippen molar-refractivity contribution < 1.29 is 37.9 Å². The number of carbonyl (C=O) groups is 5.